The number of benzene rings is 1. The summed E-state index contributed by atoms with van der Waals surface area (Å²) >= 11 is 3.48. The number of hydrogen-bond acceptors (Lipinski definition) is 2. The van der Waals surface area contributed by atoms with E-state index in [4.69, 9.17) is 0 Å². The first kappa shape index (κ1) is 14.6. The van der Waals surface area contributed by atoms with Gasteiger partial charge in [-0.2, -0.15) is 5.10 Å². The van der Waals surface area contributed by atoms with E-state index in [1.165, 1.54) is 0 Å². The molecular weight excluding hydrogens is 320 g/mol. The summed E-state index contributed by atoms with van der Waals surface area (Å²) in [5, 5.41) is 9.78. The van der Waals surface area contributed by atoms with E-state index in [-0.39, 0.29) is 12.1 Å². The fourth-order valence-electron chi connectivity index (χ4n) is 1.90. The van der Waals surface area contributed by atoms with Crippen LogP contribution in [0, 0.1) is 0 Å². The van der Waals surface area contributed by atoms with Gasteiger partial charge in [0.1, 0.15) is 0 Å². The molecule has 0 aliphatic carbocycles. The van der Waals surface area contributed by atoms with Gasteiger partial charge < -0.3 is 10.6 Å². The molecule has 1 aromatic carbocycles. The summed E-state index contributed by atoms with van der Waals surface area (Å²) in [6.07, 6.45) is 1.71. The molecule has 0 bridgehead atoms. The minimum atomic E-state index is -0.200. The summed E-state index contributed by atoms with van der Waals surface area (Å²) in [4.78, 5) is 11.9. The SMILES string of the molecule is CC(NC(=O)NCc1ccnn1C)c1ccccc1Br. The Kier molecular flexibility index (Phi) is 4.79. The number of nitrogens with one attached hydrogen (secondary N) is 2. The lowest BCUT2D eigenvalue weighted by Crippen LogP contribution is -2.37. The van der Waals surface area contributed by atoms with Crippen LogP contribution in [0.4, 0.5) is 4.79 Å². The third-order valence-corrected chi connectivity index (χ3v) is 3.79. The van der Waals surface area contributed by atoms with E-state index in [2.05, 4.69) is 31.7 Å². The van der Waals surface area contributed by atoms with E-state index in [0.717, 1.165) is 15.7 Å². The lowest BCUT2D eigenvalue weighted by atomic mass is 10.1. The number of aromatic nitrogens is 2. The number of amides is 2. The van der Waals surface area contributed by atoms with Crippen molar-refractivity contribution in [1.82, 2.24) is 20.4 Å². The summed E-state index contributed by atoms with van der Waals surface area (Å²) in [6.45, 7) is 2.40. The predicted molar refractivity (Wildman–Crippen MR) is 81.1 cm³/mol. The molecule has 0 saturated carbocycles. The van der Waals surface area contributed by atoms with E-state index in [1.807, 2.05) is 44.3 Å². The van der Waals surface area contributed by atoms with Crippen molar-refractivity contribution < 1.29 is 4.79 Å². The van der Waals surface area contributed by atoms with Gasteiger partial charge in [0, 0.05) is 17.7 Å². The van der Waals surface area contributed by atoms with Crippen molar-refractivity contribution in [2.24, 2.45) is 7.05 Å². The van der Waals surface area contributed by atoms with Crippen molar-refractivity contribution in [2.75, 3.05) is 0 Å². The Bertz CT molecular complexity index is 596. The maximum atomic E-state index is 11.9. The van der Waals surface area contributed by atoms with E-state index >= 15 is 0 Å². The number of urea groups is 1. The quantitative estimate of drug-likeness (QED) is 0.901. The molecule has 0 aliphatic heterocycles. The number of hydrogen-bond donors (Lipinski definition) is 2. The average Bonchev–Trinajstić information content (AvgIpc) is 2.82. The van der Waals surface area contributed by atoms with Gasteiger partial charge in [-0.25, -0.2) is 4.79 Å². The van der Waals surface area contributed by atoms with Crippen LogP contribution < -0.4 is 10.6 Å². The van der Waals surface area contributed by atoms with Crippen LogP contribution in [-0.4, -0.2) is 15.8 Å². The van der Waals surface area contributed by atoms with Crippen LogP contribution in [0.25, 0.3) is 0 Å². The van der Waals surface area contributed by atoms with Gasteiger partial charge in [-0.15, -0.1) is 0 Å². The minimum absolute atomic E-state index is 0.0721. The van der Waals surface area contributed by atoms with Gasteiger partial charge >= 0.3 is 6.03 Å². The highest BCUT2D eigenvalue weighted by Crippen LogP contribution is 2.22. The largest absolute Gasteiger partial charge is 0.333 e. The average molecular weight is 337 g/mol. The maximum absolute atomic E-state index is 11.9. The van der Waals surface area contributed by atoms with Gasteiger partial charge in [-0.1, -0.05) is 34.1 Å². The molecule has 1 heterocycles. The van der Waals surface area contributed by atoms with Gasteiger partial charge in [0.25, 0.3) is 0 Å². The summed E-state index contributed by atoms with van der Waals surface area (Å²) in [7, 11) is 1.85. The molecule has 2 N–H and O–H groups in total. The molecule has 6 heteroatoms. The number of carbonyl (C=O) groups excluding carboxylic acids is 1. The summed E-state index contributed by atoms with van der Waals surface area (Å²) < 4.78 is 2.72. The Morgan fingerprint density at radius 3 is 2.80 bits per heavy atom. The van der Waals surface area contributed by atoms with Gasteiger partial charge in [0.2, 0.25) is 0 Å². The van der Waals surface area contributed by atoms with Crippen LogP contribution in [0.15, 0.2) is 41.0 Å². The Labute approximate surface area is 126 Å². The minimum Gasteiger partial charge on any atom is -0.333 e. The molecule has 0 saturated heterocycles. The second-order valence-electron chi connectivity index (χ2n) is 4.52. The molecular formula is C14H17BrN4O. The van der Waals surface area contributed by atoms with Crippen LogP contribution in [0.2, 0.25) is 0 Å². The van der Waals surface area contributed by atoms with Gasteiger partial charge in [-0.3, -0.25) is 4.68 Å². The van der Waals surface area contributed by atoms with Crippen LogP contribution in [0.3, 0.4) is 0 Å². The Morgan fingerprint density at radius 1 is 1.40 bits per heavy atom. The van der Waals surface area contributed by atoms with Crippen molar-refractivity contribution in [2.45, 2.75) is 19.5 Å². The zero-order valence-electron chi connectivity index (χ0n) is 11.4. The maximum Gasteiger partial charge on any atom is 0.315 e. The molecule has 0 fully saturated rings. The van der Waals surface area contributed by atoms with Crippen molar-refractivity contribution >= 4 is 22.0 Å². The first-order valence-electron chi connectivity index (χ1n) is 6.33. The molecule has 0 radical (unpaired) electrons. The van der Waals surface area contributed by atoms with Crippen LogP contribution in [0.1, 0.15) is 24.2 Å². The van der Waals surface area contributed by atoms with Crippen LogP contribution in [0.5, 0.6) is 0 Å². The highest BCUT2D eigenvalue weighted by Gasteiger charge is 2.11. The second-order valence-corrected chi connectivity index (χ2v) is 5.37. The first-order chi connectivity index (χ1) is 9.58. The summed E-state index contributed by atoms with van der Waals surface area (Å²) in [5.41, 5.74) is 2.00. The van der Waals surface area contributed by atoms with Crippen molar-refractivity contribution in [3.63, 3.8) is 0 Å². The molecule has 0 spiro atoms. The van der Waals surface area contributed by atoms with Crippen LogP contribution >= 0.6 is 15.9 Å². The smallest absolute Gasteiger partial charge is 0.315 e. The third-order valence-electron chi connectivity index (χ3n) is 3.07. The number of nitrogens with zero attached hydrogens (tertiary/aromatic N) is 2. The van der Waals surface area contributed by atoms with Crippen LogP contribution in [-0.2, 0) is 13.6 Å². The fraction of sp³-hybridized carbons (Fsp3) is 0.286. The van der Waals surface area contributed by atoms with E-state index in [1.54, 1.807) is 10.9 Å². The number of halogens is 1. The van der Waals surface area contributed by atoms with Gasteiger partial charge in [-0.05, 0) is 24.6 Å². The third kappa shape index (κ3) is 3.60. The van der Waals surface area contributed by atoms with E-state index in [0.29, 0.717) is 6.54 Å². The monoisotopic (exact) mass is 336 g/mol. The lowest BCUT2D eigenvalue weighted by Gasteiger charge is -2.16. The molecule has 2 amide bonds. The van der Waals surface area contributed by atoms with E-state index in [9.17, 15) is 4.79 Å². The molecule has 1 unspecified atom stereocenters. The zero-order valence-corrected chi connectivity index (χ0v) is 13.0. The number of rotatable bonds is 4. The molecule has 2 aromatic rings. The summed E-state index contributed by atoms with van der Waals surface area (Å²) in [5.74, 6) is 0. The van der Waals surface area contributed by atoms with Gasteiger partial charge in [0.15, 0.2) is 0 Å². The second kappa shape index (κ2) is 6.56. The zero-order chi connectivity index (χ0) is 14.5. The van der Waals surface area contributed by atoms with E-state index < -0.39 is 0 Å². The first-order valence-corrected chi connectivity index (χ1v) is 7.13. The van der Waals surface area contributed by atoms with Crippen molar-refractivity contribution in [3.05, 3.63) is 52.3 Å². The number of aryl methyl sites for hydroxylation is 1. The molecule has 1 atom stereocenters. The number of carbonyl (C=O) groups is 1. The Hall–Kier alpha value is -1.82. The topological polar surface area (TPSA) is 59.0 Å². The molecule has 106 valence electrons. The molecule has 20 heavy (non-hydrogen) atoms. The highest BCUT2D eigenvalue weighted by atomic mass is 79.9. The Morgan fingerprint density at radius 2 is 2.15 bits per heavy atom. The fourth-order valence-corrected chi connectivity index (χ4v) is 2.53. The van der Waals surface area contributed by atoms with Gasteiger partial charge in [0.05, 0.1) is 18.3 Å². The van der Waals surface area contributed by atoms with Crippen molar-refractivity contribution in [3.8, 4) is 0 Å². The Balaban J connectivity index is 1.88. The molecule has 5 nitrogen and oxygen atoms in total. The van der Waals surface area contributed by atoms with Crippen molar-refractivity contribution in [1.29, 1.82) is 0 Å². The molecule has 1 aromatic heterocycles. The highest BCUT2D eigenvalue weighted by molar-refractivity contribution is 9.10. The normalized spacial score (nSPS) is 11.9. The standard InChI is InChI=1S/C14H17BrN4O/c1-10(12-5-3-4-6-13(12)15)18-14(20)16-9-11-7-8-17-19(11)2/h3-8,10H,9H2,1-2H3,(H2,16,18,20). The molecule has 0 aliphatic rings. The molecule has 2 rings (SSSR count). The summed E-state index contributed by atoms with van der Waals surface area (Å²) in [6, 6.07) is 9.44. The lowest BCUT2D eigenvalue weighted by molar-refractivity contribution is 0.237. The predicted octanol–water partition coefficient (Wildman–Crippen LogP) is 2.74.